The van der Waals surface area contributed by atoms with Crippen molar-refractivity contribution in [3.63, 3.8) is 0 Å². The van der Waals surface area contributed by atoms with Crippen LogP contribution in [0, 0.1) is 12.3 Å². The van der Waals surface area contributed by atoms with Crippen LogP contribution in [-0.4, -0.2) is 7.11 Å². The van der Waals surface area contributed by atoms with Gasteiger partial charge in [0.05, 0.1) is 7.11 Å². The Bertz CT molecular complexity index is 431. The first-order chi connectivity index (χ1) is 6.81. The number of hydrogen-bond acceptors (Lipinski definition) is 2. The molecule has 2 rings (SSSR count). The number of hydrogen-bond donors (Lipinski definition) is 0. The van der Waals surface area contributed by atoms with Crippen molar-refractivity contribution >= 4 is 11.3 Å². The average Bonchev–Trinajstić information content (AvgIpc) is 2.65. The second-order valence-electron chi connectivity index (χ2n) is 3.11. The van der Waals surface area contributed by atoms with Crippen molar-refractivity contribution in [3.8, 4) is 16.9 Å². The fourth-order valence-electron chi connectivity index (χ4n) is 1.40. The lowest BCUT2D eigenvalue weighted by Gasteiger charge is -2.03. The third-order valence-electron chi connectivity index (χ3n) is 2.17. The Labute approximate surface area is 88.0 Å². The Balaban J connectivity index is 2.47. The molecule has 0 N–H and O–H groups in total. The molecule has 0 bridgehead atoms. The molecule has 0 saturated carbocycles. The minimum absolute atomic E-state index is 0.896. The summed E-state index contributed by atoms with van der Waals surface area (Å²) in [7, 11) is 1.69. The van der Waals surface area contributed by atoms with Crippen LogP contribution in [0.5, 0.6) is 5.75 Å². The van der Waals surface area contributed by atoms with E-state index in [1.807, 2.05) is 18.2 Å². The first-order valence-corrected chi connectivity index (χ1v) is 5.29. The van der Waals surface area contributed by atoms with Crippen LogP contribution < -0.4 is 4.74 Å². The van der Waals surface area contributed by atoms with Crippen LogP contribution in [0.4, 0.5) is 0 Å². The Kier molecular flexibility index (Phi) is 2.55. The second kappa shape index (κ2) is 3.84. The van der Waals surface area contributed by atoms with Gasteiger partial charge in [-0.15, -0.1) is 11.3 Å². The van der Waals surface area contributed by atoms with Crippen molar-refractivity contribution in [1.29, 1.82) is 0 Å². The minimum atomic E-state index is 0.896. The van der Waals surface area contributed by atoms with E-state index < -0.39 is 0 Å². The van der Waals surface area contributed by atoms with Crippen LogP contribution in [0.1, 0.15) is 5.56 Å². The molecule has 1 nitrogen and oxygen atoms in total. The highest BCUT2D eigenvalue weighted by Gasteiger charge is 2.03. The highest BCUT2D eigenvalue weighted by atomic mass is 32.1. The smallest absolute Gasteiger partial charge is 0.119 e. The second-order valence-corrected chi connectivity index (χ2v) is 3.78. The largest absolute Gasteiger partial charge is 0.497 e. The van der Waals surface area contributed by atoms with E-state index in [1.165, 1.54) is 16.7 Å². The van der Waals surface area contributed by atoms with Gasteiger partial charge in [0.1, 0.15) is 5.75 Å². The SMILES string of the molecule is COc1cccc(-c2cs[c]c2C)c1. The Morgan fingerprint density at radius 2 is 2.21 bits per heavy atom. The monoisotopic (exact) mass is 203 g/mol. The van der Waals surface area contributed by atoms with Crippen LogP contribution in [0.3, 0.4) is 0 Å². The molecule has 0 fully saturated rings. The van der Waals surface area contributed by atoms with Gasteiger partial charge in [-0.3, -0.25) is 0 Å². The van der Waals surface area contributed by atoms with Gasteiger partial charge in [-0.25, -0.2) is 0 Å². The van der Waals surface area contributed by atoms with E-state index in [4.69, 9.17) is 4.74 Å². The summed E-state index contributed by atoms with van der Waals surface area (Å²) in [4.78, 5) is 0. The van der Waals surface area contributed by atoms with Gasteiger partial charge in [0, 0.05) is 5.38 Å². The molecule has 0 saturated heterocycles. The molecule has 0 atom stereocenters. The van der Waals surface area contributed by atoms with Gasteiger partial charge in [-0.2, -0.15) is 0 Å². The van der Waals surface area contributed by atoms with Gasteiger partial charge in [-0.05, 0) is 41.1 Å². The molecule has 1 radical (unpaired) electrons. The molecule has 2 aromatic rings. The lowest BCUT2D eigenvalue weighted by molar-refractivity contribution is 0.415. The summed E-state index contributed by atoms with van der Waals surface area (Å²) in [6, 6.07) is 8.09. The maximum absolute atomic E-state index is 5.19. The van der Waals surface area contributed by atoms with Gasteiger partial charge in [0.2, 0.25) is 0 Å². The number of aryl methyl sites for hydroxylation is 1. The summed E-state index contributed by atoms with van der Waals surface area (Å²) in [6.45, 7) is 2.07. The number of thiophene rings is 1. The van der Waals surface area contributed by atoms with Crippen molar-refractivity contribution in [2.75, 3.05) is 7.11 Å². The fraction of sp³-hybridized carbons (Fsp3) is 0.167. The Morgan fingerprint density at radius 3 is 2.86 bits per heavy atom. The Hall–Kier alpha value is -1.28. The molecule has 2 heteroatoms. The zero-order valence-electron chi connectivity index (χ0n) is 8.20. The average molecular weight is 203 g/mol. The van der Waals surface area contributed by atoms with Crippen molar-refractivity contribution in [1.82, 2.24) is 0 Å². The van der Waals surface area contributed by atoms with Gasteiger partial charge in [-0.1, -0.05) is 12.1 Å². The van der Waals surface area contributed by atoms with E-state index in [9.17, 15) is 0 Å². The molecule has 14 heavy (non-hydrogen) atoms. The summed E-state index contributed by atoms with van der Waals surface area (Å²) in [5.41, 5.74) is 3.64. The quantitative estimate of drug-likeness (QED) is 0.725. The normalized spacial score (nSPS) is 10.1. The topological polar surface area (TPSA) is 9.23 Å². The Morgan fingerprint density at radius 1 is 1.36 bits per heavy atom. The number of ether oxygens (including phenoxy) is 1. The van der Waals surface area contributed by atoms with Gasteiger partial charge >= 0.3 is 0 Å². The maximum atomic E-state index is 5.19. The predicted molar refractivity (Wildman–Crippen MR) is 59.9 cm³/mol. The zero-order valence-corrected chi connectivity index (χ0v) is 9.02. The van der Waals surface area contributed by atoms with Crippen LogP contribution in [0.2, 0.25) is 0 Å². The molecule has 0 unspecified atom stereocenters. The summed E-state index contributed by atoms with van der Waals surface area (Å²) in [5.74, 6) is 0.896. The van der Waals surface area contributed by atoms with Crippen LogP contribution in [-0.2, 0) is 0 Å². The maximum Gasteiger partial charge on any atom is 0.119 e. The van der Waals surface area contributed by atoms with E-state index >= 15 is 0 Å². The molecule has 0 aliphatic carbocycles. The van der Waals surface area contributed by atoms with E-state index in [2.05, 4.69) is 23.8 Å². The molecule has 1 aromatic heterocycles. The molecule has 0 spiro atoms. The van der Waals surface area contributed by atoms with E-state index in [-0.39, 0.29) is 0 Å². The van der Waals surface area contributed by atoms with Crippen molar-refractivity contribution < 1.29 is 4.74 Å². The molecular formula is C12H11OS. The zero-order chi connectivity index (χ0) is 9.97. The molecular weight excluding hydrogens is 192 g/mol. The summed E-state index contributed by atoms with van der Waals surface area (Å²) in [5, 5.41) is 5.32. The standard InChI is InChI=1S/C12H11OS/c1-9-7-14-8-12(9)10-4-3-5-11(6-10)13-2/h3-6,8H,1-2H3. The summed E-state index contributed by atoms with van der Waals surface area (Å²) >= 11 is 1.61. The third-order valence-corrected chi connectivity index (χ3v) is 2.95. The minimum Gasteiger partial charge on any atom is -0.497 e. The number of methoxy groups -OCH3 is 1. The number of rotatable bonds is 2. The molecule has 0 aliphatic heterocycles. The van der Waals surface area contributed by atoms with Gasteiger partial charge in [0.15, 0.2) is 0 Å². The van der Waals surface area contributed by atoms with E-state index in [1.54, 1.807) is 18.4 Å². The number of benzene rings is 1. The van der Waals surface area contributed by atoms with Crippen LogP contribution in [0.15, 0.2) is 29.6 Å². The van der Waals surface area contributed by atoms with E-state index in [0.717, 1.165) is 5.75 Å². The van der Waals surface area contributed by atoms with Gasteiger partial charge in [0.25, 0.3) is 0 Å². The lowest BCUT2D eigenvalue weighted by atomic mass is 10.1. The summed E-state index contributed by atoms with van der Waals surface area (Å²) < 4.78 is 5.19. The first kappa shape index (κ1) is 9.28. The molecule has 71 valence electrons. The highest BCUT2D eigenvalue weighted by Crippen LogP contribution is 2.28. The van der Waals surface area contributed by atoms with Crippen molar-refractivity contribution in [2.45, 2.75) is 6.92 Å². The lowest BCUT2D eigenvalue weighted by Crippen LogP contribution is -1.83. The van der Waals surface area contributed by atoms with Crippen LogP contribution in [0.25, 0.3) is 11.1 Å². The van der Waals surface area contributed by atoms with Crippen LogP contribution >= 0.6 is 11.3 Å². The van der Waals surface area contributed by atoms with Crippen molar-refractivity contribution in [2.24, 2.45) is 0 Å². The van der Waals surface area contributed by atoms with E-state index in [0.29, 0.717) is 0 Å². The first-order valence-electron chi connectivity index (χ1n) is 4.41. The molecule has 1 heterocycles. The van der Waals surface area contributed by atoms with Gasteiger partial charge < -0.3 is 4.74 Å². The highest BCUT2D eigenvalue weighted by molar-refractivity contribution is 7.07. The molecule has 1 aromatic carbocycles. The summed E-state index contributed by atoms with van der Waals surface area (Å²) in [6.07, 6.45) is 0. The molecule has 0 amide bonds. The molecule has 0 aliphatic rings. The predicted octanol–water partition coefficient (Wildman–Crippen LogP) is 3.53. The fourth-order valence-corrected chi connectivity index (χ4v) is 2.17. The third kappa shape index (κ3) is 1.66. The van der Waals surface area contributed by atoms with Crippen molar-refractivity contribution in [3.05, 3.63) is 40.6 Å².